The van der Waals surface area contributed by atoms with E-state index in [1.54, 1.807) is 18.2 Å². The van der Waals surface area contributed by atoms with Gasteiger partial charge < -0.3 is 20.4 Å². The first-order valence-electron chi connectivity index (χ1n) is 14.8. The van der Waals surface area contributed by atoms with Gasteiger partial charge in [0.25, 0.3) is 11.5 Å². The zero-order valence-corrected chi connectivity index (χ0v) is 24.2. The van der Waals surface area contributed by atoms with Crippen molar-refractivity contribution in [3.63, 3.8) is 0 Å². The van der Waals surface area contributed by atoms with Crippen LogP contribution in [-0.4, -0.2) is 109 Å². The summed E-state index contributed by atoms with van der Waals surface area (Å²) in [5.41, 5.74) is 0.961. The summed E-state index contributed by atoms with van der Waals surface area (Å²) in [5.74, 6) is -0.491. The first kappa shape index (κ1) is 29.8. The van der Waals surface area contributed by atoms with Crippen LogP contribution in [0.25, 0.3) is 10.8 Å². The number of H-pyrrole nitrogens is 1. The molecule has 0 saturated carbocycles. The molecule has 0 radical (unpaired) electrons. The van der Waals surface area contributed by atoms with Crippen molar-refractivity contribution in [2.75, 3.05) is 72.5 Å². The fourth-order valence-electron chi connectivity index (χ4n) is 5.83. The summed E-state index contributed by atoms with van der Waals surface area (Å²) in [4.78, 5) is 44.4. The van der Waals surface area contributed by atoms with Crippen LogP contribution in [0.5, 0.6) is 0 Å². The molecule has 2 aromatic carbocycles. The van der Waals surface area contributed by atoms with Gasteiger partial charge in [0.15, 0.2) is 0 Å². The van der Waals surface area contributed by atoms with Crippen LogP contribution in [0.1, 0.15) is 34.5 Å². The van der Waals surface area contributed by atoms with Crippen molar-refractivity contribution in [1.29, 1.82) is 0 Å². The van der Waals surface area contributed by atoms with Gasteiger partial charge in [-0.15, -0.1) is 0 Å². The lowest BCUT2D eigenvalue weighted by molar-refractivity contribution is -0.122. The summed E-state index contributed by atoms with van der Waals surface area (Å²) in [6.07, 6.45) is 2.85. The molecule has 3 aromatic rings. The number of fused-ring (bicyclic) bond motifs is 1. The smallest absolute Gasteiger partial charge is 0.272 e. The Labute approximate surface area is 245 Å². The van der Waals surface area contributed by atoms with E-state index < -0.39 is 11.7 Å². The number of piperidine rings is 1. The molecular formula is C31H40FN7O3. The number of nitrogens with one attached hydrogen (secondary N) is 3. The number of carbonyl (C=O) groups is 2. The highest BCUT2D eigenvalue weighted by Gasteiger charge is 2.23. The van der Waals surface area contributed by atoms with E-state index in [0.717, 1.165) is 38.6 Å². The van der Waals surface area contributed by atoms with E-state index in [1.807, 2.05) is 12.1 Å². The Morgan fingerprint density at radius 2 is 1.64 bits per heavy atom. The maximum Gasteiger partial charge on any atom is 0.272 e. The van der Waals surface area contributed by atoms with Gasteiger partial charge in [-0.25, -0.2) is 9.49 Å². The van der Waals surface area contributed by atoms with Crippen LogP contribution in [0, 0.1) is 11.7 Å². The molecular weight excluding hydrogens is 537 g/mol. The van der Waals surface area contributed by atoms with Crippen LogP contribution in [0.4, 0.5) is 4.39 Å². The summed E-state index contributed by atoms with van der Waals surface area (Å²) in [6.45, 7) is 8.00. The Bertz CT molecular complexity index is 1450. The van der Waals surface area contributed by atoms with E-state index in [-0.39, 0.29) is 30.1 Å². The van der Waals surface area contributed by atoms with Crippen LogP contribution >= 0.6 is 0 Å². The van der Waals surface area contributed by atoms with Crippen LogP contribution in [-0.2, 0) is 11.2 Å². The highest BCUT2D eigenvalue weighted by Crippen LogP contribution is 2.19. The topological polar surface area (TPSA) is 114 Å². The normalized spacial score (nSPS) is 17.4. The zero-order valence-electron chi connectivity index (χ0n) is 24.2. The first-order valence-corrected chi connectivity index (χ1v) is 14.8. The summed E-state index contributed by atoms with van der Waals surface area (Å²) in [6, 6.07) is 11.5. The van der Waals surface area contributed by atoms with E-state index in [0.29, 0.717) is 35.0 Å². The number of likely N-dealkylation sites (tertiary alicyclic amines) is 1. The second-order valence-corrected chi connectivity index (χ2v) is 11.5. The zero-order chi connectivity index (χ0) is 29.5. The SMILES string of the molecule is CN1CCC(CN2CCN(CC(=O)NCCNC(=O)c3cc(Cc4n[nH]c(=O)c5ccccc45)ccc3F)CC2)CC1. The van der Waals surface area contributed by atoms with Gasteiger partial charge in [-0.1, -0.05) is 24.3 Å². The van der Waals surface area contributed by atoms with Crippen LogP contribution in [0.2, 0.25) is 0 Å². The molecule has 0 atom stereocenters. The van der Waals surface area contributed by atoms with E-state index in [4.69, 9.17) is 0 Å². The summed E-state index contributed by atoms with van der Waals surface area (Å²) < 4.78 is 14.5. The van der Waals surface area contributed by atoms with Gasteiger partial charge in [-0.2, -0.15) is 5.10 Å². The van der Waals surface area contributed by atoms with E-state index in [9.17, 15) is 18.8 Å². The second-order valence-electron chi connectivity index (χ2n) is 11.5. The van der Waals surface area contributed by atoms with E-state index in [1.165, 1.54) is 38.1 Å². The molecule has 10 nitrogen and oxygen atoms in total. The Morgan fingerprint density at radius 1 is 0.952 bits per heavy atom. The third-order valence-corrected chi connectivity index (χ3v) is 8.34. The molecule has 3 heterocycles. The molecule has 0 aliphatic carbocycles. The molecule has 2 aliphatic heterocycles. The largest absolute Gasteiger partial charge is 0.353 e. The van der Waals surface area contributed by atoms with Crippen molar-refractivity contribution in [3.8, 4) is 0 Å². The fraction of sp³-hybridized carbons (Fsp3) is 0.484. The number of halogens is 1. The molecule has 11 heteroatoms. The predicted octanol–water partition coefficient (Wildman–Crippen LogP) is 1.46. The predicted molar refractivity (Wildman–Crippen MR) is 160 cm³/mol. The van der Waals surface area contributed by atoms with Gasteiger partial charge in [-0.05, 0) is 62.7 Å². The molecule has 3 N–H and O–H groups in total. The summed E-state index contributed by atoms with van der Waals surface area (Å²) >= 11 is 0. The molecule has 2 fully saturated rings. The Kier molecular flexibility index (Phi) is 9.93. The van der Waals surface area contributed by atoms with Crippen molar-refractivity contribution >= 4 is 22.6 Å². The minimum Gasteiger partial charge on any atom is -0.353 e. The minimum absolute atomic E-state index is 0.0781. The van der Waals surface area contributed by atoms with Crippen molar-refractivity contribution in [2.24, 2.45) is 5.92 Å². The molecule has 42 heavy (non-hydrogen) atoms. The second kappa shape index (κ2) is 14.0. The van der Waals surface area contributed by atoms with Gasteiger partial charge in [0, 0.05) is 57.6 Å². The number of piperazine rings is 1. The number of hydrogen-bond acceptors (Lipinski definition) is 7. The molecule has 2 aliphatic rings. The lowest BCUT2D eigenvalue weighted by Gasteiger charge is -2.38. The number of carbonyl (C=O) groups excluding carboxylic acids is 2. The monoisotopic (exact) mass is 577 g/mol. The maximum atomic E-state index is 14.5. The number of rotatable bonds is 10. The number of hydrogen-bond donors (Lipinski definition) is 3. The fourth-order valence-corrected chi connectivity index (χ4v) is 5.83. The van der Waals surface area contributed by atoms with Gasteiger partial charge in [0.1, 0.15) is 5.82 Å². The van der Waals surface area contributed by atoms with Crippen LogP contribution in [0.15, 0.2) is 47.3 Å². The Morgan fingerprint density at radius 3 is 2.40 bits per heavy atom. The lowest BCUT2D eigenvalue weighted by atomic mass is 9.96. The van der Waals surface area contributed by atoms with Crippen molar-refractivity contribution in [2.45, 2.75) is 19.3 Å². The number of benzene rings is 2. The average molecular weight is 578 g/mol. The summed E-state index contributed by atoms with van der Waals surface area (Å²) in [7, 11) is 2.19. The van der Waals surface area contributed by atoms with E-state index in [2.05, 4.69) is 42.6 Å². The molecule has 5 rings (SSSR count). The van der Waals surface area contributed by atoms with Crippen LogP contribution < -0.4 is 16.2 Å². The number of aromatic amines is 1. The first-order chi connectivity index (χ1) is 20.4. The Balaban J connectivity index is 1.04. The van der Waals surface area contributed by atoms with Gasteiger partial charge in [0.05, 0.1) is 23.2 Å². The van der Waals surface area contributed by atoms with Crippen molar-refractivity contribution in [1.82, 2.24) is 35.5 Å². The van der Waals surface area contributed by atoms with Gasteiger partial charge >= 0.3 is 0 Å². The quantitative estimate of drug-likeness (QED) is 0.313. The lowest BCUT2D eigenvalue weighted by Crippen LogP contribution is -2.51. The number of amides is 2. The number of nitrogens with zero attached hydrogens (tertiary/aromatic N) is 4. The minimum atomic E-state index is -0.630. The molecule has 2 saturated heterocycles. The molecule has 1 aromatic heterocycles. The summed E-state index contributed by atoms with van der Waals surface area (Å²) in [5, 5.41) is 13.4. The molecule has 2 amide bonds. The highest BCUT2D eigenvalue weighted by molar-refractivity contribution is 5.94. The molecule has 224 valence electrons. The van der Waals surface area contributed by atoms with Gasteiger partial charge in [0.2, 0.25) is 5.91 Å². The van der Waals surface area contributed by atoms with Crippen molar-refractivity contribution in [3.05, 3.63) is 75.5 Å². The standard InChI is InChI=1S/C31H40FN7O3/c1-37-12-8-22(9-13-37)20-38-14-16-39(17-15-38)21-29(40)33-10-11-34-30(41)26-18-23(6-7-27(26)32)19-28-24-4-2-3-5-25(24)31(42)36-35-28/h2-7,18,22H,8-17,19-21H2,1H3,(H,33,40)(H,34,41)(H,36,42). The van der Waals surface area contributed by atoms with Crippen LogP contribution in [0.3, 0.4) is 0 Å². The van der Waals surface area contributed by atoms with Crippen molar-refractivity contribution < 1.29 is 14.0 Å². The maximum absolute atomic E-state index is 14.5. The Hall–Kier alpha value is -3.67. The molecule has 0 unspecified atom stereocenters. The third-order valence-electron chi connectivity index (χ3n) is 8.34. The van der Waals surface area contributed by atoms with Gasteiger partial charge in [-0.3, -0.25) is 19.3 Å². The molecule has 0 bridgehead atoms. The molecule has 0 spiro atoms. The van der Waals surface area contributed by atoms with E-state index >= 15 is 0 Å². The highest BCUT2D eigenvalue weighted by atomic mass is 19.1. The average Bonchev–Trinajstić information content (AvgIpc) is 3.00. The third kappa shape index (κ3) is 7.78. The number of aromatic nitrogens is 2.